The van der Waals surface area contributed by atoms with Crippen LogP contribution in [0.3, 0.4) is 0 Å². The van der Waals surface area contributed by atoms with E-state index < -0.39 is 0 Å². The molecule has 0 radical (unpaired) electrons. The van der Waals surface area contributed by atoms with Crippen molar-refractivity contribution in [1.29, 1.82) is 0 Å². The fraction of sp³-hybridized carbons (Fsp3) is 0.391. The van der Waals surface area contributed by atoms with Crippen LogP contribution in [0, 0.1) is 6.92 Å². The van der Waals surface area contributed by atoms with Crippen molar-refractivity contribution in [2.75, 3.05) is 20.1 Å². The molecule has 8 heteroatoms. The Morgan fingerprint density at radius 3 is 2.55 bits per heavy atom. The van der Waals surface area contributed by atoms with E-state index in [4.69, 9.17) is 0 Å². The summed E-state index contributed by atoms with van der Waals surface area (Å²) in [6.45, 7) is 3.73. The summed E-state index contributed by atoms with van der Waals surface area (Å²) in [5.41, 5.74) is 1.39. The summed E-state index contributed by atoms with van der Waals surface area (Å²) in [6.07, 6.45) is 4.57. The highest BCUT2D eigenvalue weighted by atomic mass is 32.1. The summed E-state index contributed by atoms with van der Waals surface area (Å²) in [4.78, 5) is 47.6. The minimum atomic E-state index is -0.270. The number of fused-ring (bicyclic) bond motifs is 1. The molecule has 1 aliphatic rings. The highest BCUT2D eigenvalue weighted by Crippen LogP contribution is 2.28. The first kappa shape index (κ1) is 21.2. The van der Waals surface area contributed by atoms with Crippen LogP contribution in [0.4, 0.5) is 0 Å². The molecule has 4 rings (SSSR count). The van der Waals surface area contributed by atoms with Gasteiger partial charge in [-0.1, -0.05) is 30.3 Å². The lowest BCUT2D eigenvalue weighted by atomic mass is 10.1. The number of piperidine rings is 1. The van der Waals surface area contributed by atoms with Gasteiger partial charge in [0.25, 0.3) is 11.5 Å². The van der Waals surface area contributed by atoms with Crippen molar-refractivity contribution in [3.63, 3.8) is 0 Å². The minimum Gasteiger partial charge on any atom is -0.341 e. The van der Waals surface area contributed by atoms with Crippen LogP contribution in [-0.2, 0) is 17.9 Å². The first-order valence-electron chi connectivity index (χ1n) is 10.5. The summed E-state index contributed by atoms with van der Waals surface area (Å²) < 4.78 is 1.36. The fourth-order valence-electron chi connectivity index (χ4n) is 3.97. The molecule has 1 aromatic carbocycles. The van der Waals surface area contributed by atoms with Crippen LogP contribution in [0.5, 0.6) is 0 Å². The number of thiophene rings is 1. The molecule has 3 heterocycles. The summed E-state index contributed by atoms with van der Waals surface area (Å²) in [7, 11) is 1.75. The van der Waals surface area contributed by atoms with Crippen LogP contribution in [0.15, 0.2) is 41.5 Å². The normalized spacial score (nSPS) is 14.1. The summed E-state index contributed by atoms with van der Waals surface area (Å²) >= 11 is 1.23. The lowest BCUT2D eigenvalue weighted by Crippen LogP contribution is -2.39. The van der Waals surface area contributed by atoms with Gasteiger partial charge < -0.3 is 9.80 Å². The second-order valence-electron chi connectivity index (χ2n) is 8.00. The fourth-order valence-corrected chi connectivity index (χ4v) is 5.10. The molecule has 0 bridgehead atoms. The topological polar surface area (TPSA) is 75.5 Å². The van der Waals surface area contributed by atoms with Crippen LogP contribution in [0.1, 0.15) is 40.1 Å². The third-order valence-electron chi connectivity index (χ3n) is 5.74. The zero-order chi connectivity index (χ0) is 22.0. The summed E-state index contributed by atoms with van der Waals surface area (Å²) in [6, 6.07) is 9.77. The molecule has 0 aliphatic carbocycles. The van der Waals surface area contributed by atoms with Gasteiger partial charge in [0.1, 0.15) is 11.4 Å². The molecule has 1 saturated heterocycles. The van der Waals surface area contributed by atoms with E-state index in [-0.39, 0.29) is 23.9 Å². The Labute approximate surface area is 184 Å². The Hall–Kier alpha value is -3.00. The van der Waals surface area contributed by atoms with Gasteiger partial charge in [0.15, 0.2) is 0 Å². The lowest BCUT2D eigenvalue weighted by molar-refractivity contribution is -0.132. The molecule has 1 aliphatic heterocycles. The molecular formula is C23H26N4O3S. The summed E-state index contributed by atoms with van der Waals surface area (Å²) in [5, 5.41) is 0.426. The zero-order valence-electron chi connectivity index (χ0n) is 17.8. The van der Waals surface area contributed by atoms with Crippen molar-refractivity contribution in [2.24, 2.45) is 0 Å². The molecule has 0 spiro atoms. The van der Waals surface area contributed by atoms with Gasteiger partial charge in [0, 0.05) is 26.7 Å². The van der Waals surface area contributed by atoms with E-state index in [0.717, 1.165) is 37.9 Å². The van der Waals surface area contributed by atoms with Crippen molar-refractivity contribution < 1.29 is 9.59 Å². The number of benzene rings is 1. The number of aryl methyl sites for hydroxylation is 1. The van der Waals surface area contributed by atoms with Gasteiger partial charge >= 0.3 is 0 Å². The zero-order valence-corrected chi connectivity index (χ0v) is 18.7. The molecule has 0 saturated carbocycles. The van der Waals surface area contributed by atoms with E-state index in [2.05, 4.69) is 4.98 Å². The standard InChI is InChI=1S/C23H26N4O3S/c1-16-19-21(31-20(16)23(30)25(2)13-17-9-5-3-6-10-17)24-15-27(22(19)29)14-18(28)26-11-7-4-8-12-26/h3,5-6,9-10,15H,4,7-8,11-14H2,1-2H3. The van der Waals surface area contributed by atoms with Gasteiger partial charge in [-0.2, -0.15) is 0 Å². The van der Waals surface area contributed by atoms with Crippen LogP contribution >= 0.6 is 11.3 Å². The van der Waals surface area contributed by atoms with Gasteiger partial charge in [0.2, 0.25) is 5.91 Å². The predicted octanol–water partition coefficient (Wildman–Crippen LogP) is 3.05. The maximum Gasteiger partial charge on any atom is 0.264 e. The molecule has 162 valence electrons. The van der Waals surface area contributed by atoms with Crippen molar-refractivity contribution >= 4 is 33.4 Å². The second kappa shape index (κ2) is 9.01. The number of carbonyl (C=O) groups excluding carboxylic acids is 2. The molecular weight excluding hydrogens is 412 g/mol. The van der Waals surface area contributed by atoms with Crippen LogP contribution in [0.2, 0.25) is 0 Å². The second-order valence-corrected chi connectivity index (χ2v) is 9.00. The van der Waals surface area contributed by atoms with Crippen LogP contribution in [0.25, 0.3) is 10.2 Å². The van der Waals surface area contributed by atoms with E-state index in [9.17, 15) is 14.4 Å². The molecule has 0 N–H and O–H groups in total. The van der Waals surface area contributed by atoms with Gasteiger partial charge in [-0.3, -0.25) is 19.0 Å². The monoisotopic (exact) mass is 438 g/mol. The van der Waals surface area contributed by atoms with E-state index in [1.165, 1.54) is 22.2 Å². The highest BCUT2D eigenvalue weighted by Gasteiger charge is 2.23. The molecule has 2 amide bonds. The molecule has 0 unspecified atom stereocenters. The number of carbonyl (C=O) groups is 2. The Morgan fingerprint density at radius 2 is 1.84 bits per heavy atom. The predicted molar refractivity (Wildman–Crippen MR) is 121 cm³/mol. The van der Waals surface area contributed by atoms with Crippen LogP contribution in [-0.4, -0.2) is 51.3 Å². The van der Waals surface area contributed by atoms with Gasteiger partial charge in [-0.05, 0) is 37.3 Å². The van der Waals surface area contributed by atoms with Crippen LogP contribution < -0.4 is 5.56 Å². The first-order valence-corrected chi connectivity index (χ1v) is 11.3. The first-order chi connectivity index (χ1) is 15.0. The third kappa shape index (κ3) is 4.39. The average Bonchev–Trinajstić information content (AvgIpc) is 3.13. The number of rotatable bonds is 5. The number of hydrogen-bond donors (Lipinski definition) is 0. The molecule has 3 aromatic rings. The van der Waals surface area contributed by atoms with E-state index in [1.807, 2.05) is 35.2 Å². The third-order valence-corrected chi connectivity index (χ3v) is 6.92. The number of nitrogens with zero attached hydrogens (tertiary/aromatic N) is 4. The number of amides is 2. The molecule has 7 nitrogen and oxygen atoms in total. The van der Waals surface area contributed by atoms with Crippen molar-refractivity contribution in [3.05, 3.63) is 63.0 Å². The maximum absolute atomic E-state index is 13.1. The molecule has 0 atom stereocenters. The Kier molecular flexibility index (Phi) is 6.18. The van der Waals surface area contributed by atoms with Crippen molar-refractivity contribution in [2.45, 2.75) is 39.3 Å². The van der Waals surface area contributed by atoms with E-state index in [0.29, 0.717) is 27.2 Å². The largest absolute Gasteiger partial charge is 0.341 e. The summed E-state index contributed by atoms with van der Waals surface area (Å²) in [5.74, 6) is -0.200. The lowest BCUT2D eigenvalue weighted by Gasteiger charge is -2.26. The maximum atomic E-state index is 13.1. The number of hydrogen-bond acceptors (Lipinski definition) is 5. The minimum absolute atomic E-state index is 0.0196. The highest BCUT2D eigenvalue weighted by molar-refractivity contribution is 7.20. The molecule has 2 aromatic heterocycles. The van der Waals surface area contributed by atoms with Gasteiger partial charge in [0.05, 0.1) is 16.6 Å². The smallest absolute Gasteiger partial charge is 0.264 e. The Morgan fingerprint density at radius 1 is 1.13 bits per heavy atom. The molecule has 1 fully saturated rings. The average molecular weight is 439 g/mol. The quantitative estimate of drug-likeness (QED) is 0.614. The Bertz CT molecular complexity index is 1160. The van der Waals surface area contributed by atoms with Gasteiger partial charge in [-0.15, -0.1) is 11.3 Å². The number of likely N-dealkylation sites (tertiary alicyclic amines) is 1. The SMILES string of the molecule is Cc1c(C(=O)N(C)Cc2ccccc2)sc2ncn(CC(=O)N3CCCCC3)c(=O)c12. The van der Waals surface area contributed by atoms with Crippen molar-refractivity contribution in [3.8, 4) is 0 Å². The van der Waals surface area contributed by atoms with E-state index >= 15 is 0 Å². The Balaban J connectivity index is 1.58. The van der Waals surface area contributed by atoms with Gasteiger partial charge in [-0.25, -0.2) is 4.98 Å². The van der Waals surface area contributed by atoms with Crippen molar-refractivity contribution in [1.82, 2.24) is 19.4 Å². The molecule has 31 heavy (non-hydrogen) atoms. The van der Waals surface area contributed by atoms with E-state index in [1.54, 1.807) is 18.9 Å². The number of aromatic nitrogens is 2.